The van der Waals surface area contributed by atoms with E-state index in [9.17, 15) is 14.0 Å². The smallest absolute Gasteiger partial charge is 0.222 e. The highest BCUT2D eigenvalue weighted by Gasteiger charge is 2.38. The van der Waals surface area contributed by atoms with Crippen LogP contribution in [0.25, 0.3) is 0 Å². The van der Waals surface area contributed by atoms with E-state index in [1.165, 1.54) is 19.6 Å². The first kappa shape index (κ1) is 20.6. The van der Waals surface area contributed by atoms with Crippen LogP contribution in [0.5, 0.6) is 5.75 Å². The second kappa shape index (κ2) is 8.93. The molecule has 2 aliphatic rings. The van der Waals surface area contributed by atoms with Gasteiger partial charge < -0.3 is 15.0 Å². The van der Waals surface area contributed by atoms with Gasteiger partial charge in [-0.2, -0.15) is 0 Å². The van der Waals surface area contributed by atoms with Crippen LogP contribution in [-0.2, 0) is 16.0 Å². The number of carbonyl (C=O) groups is 2. The lowest BCUT2D eigenvalue weighted by Crippen LogP contribution is -2.47. The molecule has 3 rings (SSSR count). The summed E-state index contributed by atoms with van der Waals surface area (Å²) in [6, 6.07) is 5.14. The zero-order valence-electron chi connectivity index (χ0n) is 16.9. The molecular formula is C22H31FN2O3. The Labute approximate surface area is 166 Å². The first-order valence-corrected chi connectivity index (χ1v) is 10.4. The fourth-order valence-electron chi connectivity index (χ4n) is 4.63. The van der Waals surface area contributed by atoms with E-state index in [0.29, 0.717) is 38.1 Å². The van der Waals surface area contributed by atoms with Gasteiger partial charge in [0.1, 0.15) is 0 Å². The van der Waals surface area contributed by atoms with Crippen LogP contribution in [-0.4, -0.2) is 41.9 Å². The van der Waals surface area contributed by atoms with Crippen molar-refractivity contribution in [2.24, 2.45) is 0 Å². The number of carbonyl (C=O) groups excluding carboxylic acids is 2. The summed E-state index contributed by atoms with van der Waals surface area (Å²) in [5, 5.41) is 3.11. The molecule has 28 heavy (non-hydrogen) atoms. The van der Waals surface area contributed by atoms with E-state index in [1.807, 2.05) is 4.90 Å². The molecule has 0 radical (unpaired) electrons. The second-order valence-corrected chi connectivity index (χ2v) is 8.12. The second-order valence-electron chi connectivity index (χ2n) is 8.12. The molecule has 1 N–H and O–H groups in total. The average Bonchev–Trinajstić information content (AvgIpc) is 3.08. The molecule has 2 amide bonds. The van der Waals surface area contributed by atoms with Crippen molar-refractivity contribution in [2.45, 2.75) is 76.3 Å². The summed E-state index contributed by atoms with van der Waals surface area (Å²) >= 11 is 0. The van der Waals surface area contributed by atoms with E-state index in [1.54, 1.807) is 12.1 Å². The number of hydrogen-bond donors (Lipinski definition) is 1. The Morgan fingerprint density at radius 2 is 2.21 bits per heavy atom. The quantitative estimate of drug-likeness (QED) is 0.774. The van der Waals surface area contributed by atoms with Gasteiger partial charge in [-0.3, -0.25) is 9.59 Å². The third kappa shape index (κ3) is 4.65. The molecule has 154 valence electrons. The first-order valence-electron chi connectivity index (χ1n) is 10.4. The van der Waals surface area contributed by atoms with Gasteiger partial charge in [0, 0.05) is 31.0 Å². The number of benzene rings is 1. The summed E-state index contributed by atoms with van der Waals surface area (Å²) in [6.45, 7) is 2.97. The van der Waals surface area contributed by atoms with Gasteiger partial charge in [0.2, 0.25) is 11.8 Å². The third-order valence-electron chi connectivity index (χ3n) is 6.23. The Morgan fingerprint density at radius 3 is 2.89 bits per heavy atom. The highest BCUT2D eigenvalue weighted by atomic mass is 19.1. The number of ether oxygens (including phenoxy) is 1. The van der Waals surface area contributed by atoms with Gasteiger partial charge in [0.05, 0.1) is 7.11 Å². The fourth-order valence-corrected chi connectivity index (χ4v) is 4.63. The Kier molecular flexibility index (Phi) is 6.57. The predicted molar refractivity (Wildman–Crippen MR) is 106 cm³/mol. The summed E-state index contributed by atoms with van der Waals surface area (Å²) in [5.41, 5.74) is 0.449. The van der Waals surface area contributed by atoms with Gasteiger partial charge >= 0.3 is 0 Å². The number of amides is 2. The van der Waals surface area contributed by atoms with E-state index in [0.717, 1.165) is 31.4 Å². The van der Waals surface area contributed by atoms with Crippen molar-refractivity contribution in [3.8, 4) is 5.75 Å². The number of hydrogen-bond acceptors (Lipinski definition) is 3. The topological polar surface area (TPSA) is 58.6 Å². The highest BCUT2D eigenvalue weighted by Crippen LogP contribution is 2.32. The molecule has 2 atom stereocenters. The minimum Gasteiger partial charge on any atom is -0.494 e. The molecule has 2 fully saturated rings. The lowest BCUT2D eigenvalue weighted by molar-refractivity contribution is -0.135. The first-order chi connectivity index (χ1) is 13.5. The molecular weight excluding hydrogens is 359 g/mol. The Bertz CT molecular complexity index is 724. The van der Waals surface area contributed by atoms with Gasteiger partial charge in [-0.15, -0.1) is 0 Å². The van der Waals surface area contributed by atoms with Gasteiger partial charge in [-0.1, -0.05) is 13.0 Å². The number of rotatable bonds is 7. The number of nitrogens with zero attached hydrogens (tertiary/aromatic N) is 1. The minimum absolute atomic E-state index is 0.0194. The summed E-state index contributed by atoms with van der Waals surface area (Å²) in [7, 11) is 1.44. The summed E-state index contributed by atoms with van der Waals surface area (Å²) in [6.07, 6.45) is 7.08. The molecule has 1 aromatic carbocycles. The largest absolute Gasteiger partial charge is 0.494 e. The molecule has 0 saturated carbocycles. The van der Waals surface area contributed by atoms with Crippen molar-refractivity contribution < 1.29 is 18.7 Å². The van der Waals surface area contributed by atoms with E-state index < -0.39 is 11.4 Å². The Hall–Kier alpha value is -2.11. The molecule has 5 nitrogen and oxygen atoms in total. The van der Waals surface area contributed by atoms with Crippen LogP contribution in [0.15, 0.2) is 18.2 Å². The Balaban J connectivity index is 1.70. The highest BCUT2D eigenvalue weighted by molar-refractivity contribution is 5.80. The number of piperidine rings is 1. The molecule has 1 aromatic rings. The standard InChI is InChI=1S/C22H31FN2O3/c1-3-17-6-4-5-13-25(17)21(27)10-12-22(11-9-20(26)24-22)15-16-7-8-18(23)19(14-16)28-2/h7-8,14,17H,3-6,9-13,15H2,1-2H3,(H,24,26)/t17-,22-/m1/s1. The van der Waals surface area contributed by atoms with Crippen molar-refractivity contribution in [3.05, 3.63) is 29.6 Å². The number of nitrogens with one attached hydrogen (secondary N) is 1. The fraction of sp³-hybridized carbons (Fsp3) is 0.636. The van der Waals surface area contributed by atoms with Crippen LogP contribution in [0.1, 0.15) is 63.9 Å². The molecule has 0 unspecified atom stereocenters. The van der Waals surface area contributed by atoms with Crippen LogP contribution in [0.4, 0.5) is 4.39 Å². The van der Waals surface area contributed by atoms with Crippen molar-refractivity contribution in [1.29, 1.82) is 0 Å². The maximum absolute atomic E-state index is 13.7. The zero-order valence-corrected chi connectivity index (χ0v) is 16.9. The predicted octanol–water partition coefficient (Wildman–Crippen LogP) is 3.60. The zero-order chi connectivity index (χ0) is 20.1. The van der Waals surface area contributed by atoms with E-state index >= 15 is 0 Å². The van der Waals surface area contributed by atoms with Crippen LogP contribution in [0.3, 0.4) is 0 Å². The van der Waals surface area contributed by atoms with Gasteiger partial charge in [-0.05, 0) is 62.6 Å². The van der Waals surface area contributed by atoms with Crippen molar-refractivity contribution >= 4 is 11.8 Å². The monoisotopic (exact) mass is 390 g/mol. The Morgan fingerprint density at radius 1 is 1.39 bits per heavy atom. The lowest BCUT2D eigenvalue weighted by atomic mass is 9.84. The molecule has 2 saturated heterocycles. The van der Waals surface area contributed by atoms with Crippen molar-refractivity contribution in [1.82, 2.24) is 10.2 Å². The van der Waals surface area contributed by atoms with Crippen LogP contribution in [0, 0.1) is 5.82 Å². The molecule has 0 aromatic heterocycles. The van der Waals surface area contributed by atoms with E-state index in [4.69, 9.17) is 4.74 Å². The molecule has 6 heteroatoms. The number of halogens is 1. The molecule has 0 aliphatic carbocycles. The summed E-state index contributed by atoms with van der Waals surface area (Å²) < 4.78 is 18.8. The molecule has 2 aliphatic heterocycles. The van der Waals surface area contributed by atoms with E-state index in [2.05, 4.69) is 12.2 Å². The maximum atomic E-state index is 13.7. The lowest BCUT2D eigenvalue weighted by Gasteiger charge is -2.36. The summed E-state index contributed by atoms with van der Waals surface area (Å²) in [5.74, 6) is 0.00323. The van der Waals surface area contributed by atoms with Gasteiger partial charge in [0.15, 0.2) is 11.6 Å². The SMILES string of the molecule is CC[C@@H]1CCCCN1C(=O)CC[C@@]1(Cc2ccc(F)c(OC)c2)CCC(=O)N1. The molecule has 0 spiro atoms. The number of methoxy groups -OCH3 is 1. The van der Waals surface area contributed by atoms with Gasteiger partial charge in [-0.25, -0.2) is 4.39 Å². The number of likely N-dealkylation sites (tertiary alicyclic amines) is 1. The third-order valence-corrected chi connectivity index (χ3v) is 6.23. The van der Waals surface area contributed by atoms with Crippen molar-refractivity contribution in [2.75, 3.05) is 13.7 Å². The van der Waals surface area contributed by atoms with Crippen LogP contribution < -0.4 is 10.1 Å². The van der Waals surface area contributed by atoms with Crippen molar-refractivity contribution in [3.63, 3.8) is 0 Å². The average molecular weight is 390 g/mol. The van der Waals surface area contributed by atoms with Gasteiger partial charge in [0.25, 0.3) is 0 Å². The normalized spacial score (nSPS) is 24.9. The minimum atomic E-state index is -0.451. The summed E-state index contributed by atoms with van der Waals surface area (Å²) in [4.78, 5) is 26.9. The molecule has 0 bridgehead atoms. The maximum Gasteiger partial charge on any atom is 0.222 e. The molecule has 2 heterocycles. The van der Waals surface area contributed by atoms with Crippen LogP contribution >= 0.6 is 0 Å². The van der Waals surface area contributed by atoms with Crippen LogP contribution in [0.2, 0.25) is 0 Å². The van der Waals surface area contributed by atoms with E-state index in [-0.39, 0.29) is 17.6 Å².